The fourth-order valence-electron chi connectivity index (χ4n) is 5.16. The SMILES string of the molecule is N#Cc1ccc(F)c(-c2ccc3c(c2)N(S(=O)(=O)c2cccc(C(F)(F)F)c2)C[C@@H]2CN(CC(=O)O)CCN32)c1. The number of nitrogens with zero attached hydrogens (tertiary/aromatic N) is 4. The molecule has 0 radical (unpaired) electrons. The third-order valence-corrected chi connectivity index (χ3v) is 8.79. The van der Waals surface area contributed by atoms with Gasteiger partial charge in [0, 0.05) is 25.2 Å². The fraction of sp³-hybridized carbons (Fsp3) is 0.259. The average Bonchev–Trinajstić information content (AvgIpc) is 2.91. The predicted octanol–water partition coefficient (Wildman–Crippen LogP) is 4.17. The second kappa shape index (κ2) is 10.1. The molecule has 0 saturated carbocycles. The van der Waals surface area contributed by atoms with E-state index in [1.54, 1.807) is 17.0 Å². The van der Waals surface area contributed by atoms with Crippen LogP contribution in [0.25, 0.3) is 11.1 Å². The zero-order chi connectivity index (χ0) is 28.8. The lowest BCUT2D eigenvalue weighted by Gasteiger charge is -2.49. The number of carboxylic acids is 1. The highest BCUT2D eigenvalue weighted by molar-refractivity contribution is 7.92. The molecule has 0 aromatic heterocycles. The Hall–Kier alpha value is -4.15. The molecule has 5 rings (SSSR count). The number of hydrogen-bond acceptors (Lipinski definition) is 6. The van der Waals surface area contributed by atoms with Crippen LogP contribution in [0.5, 0.6) is 0 Å². The van der Waals surface area contributed by atoms with Gasteiger partial charge in [-0.05, 0) is 54.1 Å². The van der Waals surface area contributed by atoms with Gasteiger partial charge in [0.15, 0.2) is 0 Å². The van der Waals surface area contributed by atoms with E-state index in [4.69, 9.17) is 0 Å². The van der Waals surface area contributed by atoms with Crippen LogP contribution in [0.3, 0.4) is 0 Å². The summed E-state index contributed by atoms with van der Waals surface area (Å²) in [7, 11) is -4.55. The lowest BCUT2D eigenvalue weighted by molar-refractivity contribution is -0.139. The van der Waals surface area contributed by atoms with Crippen molar-refractivity contribution < 1.29 is 35.9 Å². The van der Waals surface area contributed by atoms with Crippen LogP contribution < -0.4 is 9.21 Å². The van der Waals surface area contributed by atoms with Gasteiger partial charge in [0.05, 0.1) is 52.6 Å². The Balaban J connectivity index is 1.64. The number of fused-ring (bicyclic) bond motifs is 3. The number of alkyl halides is 3. The summed E-state index contributed by atoms with van der Waals surface area (Å²) in [5, 5.41) is 18.5. The Kier molecular flexibility index (Phi) is 6.93. The molecule has 3 aromatic carbocycles. The van der Waals surface area contributed by atoms with Crippen molar-refractivity contribution in [2.75, 3.05) is 41.9 Å². The summed E-state index contributed by atoms with van der Waals surface area (Å²) in [6.45, 7) is 0.557. The Morgan fingerprint density at radius 3 is 2.50 bits per heavy atom. The van der Waals surface area contributed by atoms with Gasteiger partial charge < -0.3 is 10.0 Å². The molecule has 208 valence electrons. The number of rotatable bonds is 5. The minimum atomic E-state index is -4.76. The fourth-order valence-corrected chi connectivity index (χ4v) is 6.71. The third kappa shape index (κ3) is 5.07. The van der Waals surface area contributed by atoms with Gasteiger partial charge in [-0.15, -0.1) is 0 Å². The Labute approximate surface area is 227 Å². The maximum atomic E-state index is 14.8. The van der Waals surface area contributed by atoms with Crippen LogP contribution in [-0.4, -0.2) is 63.2 Å². The van der Waals surface area contributed by atoms with Gasteiger partial charge in [0.2, 0.25) is 0 Å². The molecule has 0 aliphatic carbocycles. The molecule has 0 unspecified atom stereocenters. The van der Waals surface area contributed by atoms with Crippen LogP contribution in [0.2, 0.25) is 0 Å². The van der Waals surface area contributed by atoms with E-state index in [-0.39, 0.29) is 42.0 Å². The zero-order valence-corrected chi connectivity index (χ0v) is 21.6. The van der Waals surface area contributed by atoms with E-state index in [1.165, 1.54) is 18.2 Å². The first kappa shape index (κ1) is 27.4. The average molecular weight is 575 g/mol. The summed E-state index contributed by atoms with van der Waals surface area (Å²) in [5.74, 6) is -1.67. The smallest absolute Gasteiger partial charge is 0.416 e. The second-order valence-electron chi connectivity index (χ2n) is 9.55. The normalized spacial score (nSPS) is 17.6. The zero-order valence-electron chi connectivity index (χ0n) is 20.8. The number of anilines is 2. The molecule has 2 heterocycles. The van der Waals surface area contributed by atoms with Crippen molar-refractivity contribution in [1.82, 2.24) is 4.90 Å². The summed E-state index contributed by atoms with van der Waals surface area (Å²) < 4.78 is 83.8. The van der Waals surface area contributed by atoms with E-state index >= 15 is 0 Å². The minimum Gasteiger partial charge on any atom is -0.480 e. The number of aliphatic carboxylic acids is 1. The van der Waals surface area contributed by atoms with E-state index in [0.29, 0.717) is 24.8 Å². The van der Waals surface area contributed by atoms with Crippen LogP contribution >= 0.6 is 0 Å². The van der Waals surface area contributed by atoms with Crippen LogP contribution in [-0.2, 0) is 21.0 Å². The first-order valence-electron chi connectivity index (χ1n) is 12.1. The summed E-state index contributed by atoms with van der Waals surface area (Å²) in [5.41, 5.74) is 0.00765. The van der Waals surface area contributed by atoms with Gasteiger partial charge in [-0.2, -0.15) is 18.4 Å². The first-order valence-corrected chi connectivity index (χ1v) is 13.6. The van der Waals surface area contributed by atoms with Crippen molar-refractivity contribution in [3.05, 3.63) is 77.6 Å². The van der Waals surface area contributed by atoms with Crippen molar-refractivity contribution >= 4 is 27.4 Å². The van der Waals surface area contributed by atoms with Crippen LogP contribution in [0.1, 0.15) is 11.1 Å². The van der Waals surface area contributed by atoms with Crippen molar-refractivity contribution in [2.24, 2.45) is 0 Å². The van der Waals surface area contributed by atoms with Crippen LogP contribution in [0.4, 0.5) is 28.9 Å². The molecule has 0 amide bonds. The lowest BCUT2D eigenvalue weighted by Crippen LogP contribution is -2.61. The lowest BCUT2D eigenvalue weighted by atomic mass is 9.99. The summed E-state index contributed by atoms with van der Waals surface area (Å²) in [6.07, 6.45) is -4.76. The summed E-state index contributed by atoms with van der Waals surface area (Å²) >= 11 is 0. The molecule has 3 aromatic rings. The van der Waals surface area contributed by atoms with Gasteiger partial charge in [0.1, 0.15) is 5.82 Å². The summed E-state index contributed by atoms with van der Waals surface area (Å²) in [4.78, 5) is 14.3. The highest BCUT2D eigenvalue weighted by atomic mass is 32.2. The molecule has 2 aliphatic rings. The Morgan fingerprint density at radius 1 is 1.02 bits per heavy atom. The van der Waals surface area contributed by atoms with Crippen molar-refractivity contribution in [1.29, 1.82) is 5.26 Å². The molecule has 40 heavy (non-hydrogen) atoms. The maximum Gasteiger partial charge on any atom is 0.416 e. The molecule has 0 bridgehead atoms. The topological polar surface area (TPSA) is 105 Å². The van der Waals surface area contributed by atoms with Gasteiger partial charge in [0.25, 0.3) is 10.0 Å². The van der Waals surface area contributed by atoms with Gasteiger partial charge in [-0.3, -0.25) is 14.0 Å². The van der Waals surface area contributed by atoms with E-state index in [2.05, 4.69) is 0 Å². The largest absolute Gasteiger partial charge is 0.480 e. The number of halogens is 4. The van der Waals surface area contributed by atoms with Gasteiger partial charge >= 0.3 is 12.1 Å². The molecule has 2 aliphatic heterocycles. The summed E-state index contributed by atoms with van der Waals surface area (Å²) in [6, 6.07) is 13.3. The highest BCUT2D eigenvalue weighted by Gasteiger charge is 2.41. The number of sulfonamides is 1. The number of hydrogen-bond donors (Lipinski definition) is 1. The van der Waals surface area contributed by atoms with Gasteiger partial charge in [-0.1, -0.05) is 12.1 Å². The number of carbonyl (C=O) groups is 1. The molecule has 1 atom stereocenters. The van der Waals surface area contributed by atoms with Crippen LogP contribution in [0.15, 0.2) is 65.6 Å². The number of carboxylic acid groups (broad SMARTS) is 1. The standard InChI is InChI=1S/C27H22F4N4O4S/c28-23-6-4-17(13-32)10-22(23)18-5-7-24-25(11-18)35(15-20-14-33(16-26(36)37)8-9-34(20)24)40(38,39)21-3-1-2-19(12-21)27(29,30)31/h1-7,10-12,20H,8-9,14-16H2,(H,36,37)/t20-/m0/s1. The van der Waals surface area contributed by atoms with Crippen molar-refractivity contribution in [3.63, 3.8) is 0 Å². The molecular formula is C27H22F4N4O4S. The molecular weight excluding hydrogens is 552 g/mol. The minimum absolute atomic E-state index is 0.0617. The molecule has 0 spiro atoms. The monoisotopic (exact) mass is 574 g/mol. The number of benzene rings is 3. The first-order chi connectivity index (χ1) is 18.9. The van der Waals surface area contributed by atoms with Gasteiger partial charge in [-0.25, -0.2) is 12.8 Å². The quantitative estimate of drug-likeness (QED) is 0.456. The van der Waals surface area contributed by atoms with E-state index in [0.717, 1.165) is 28.6 Å². The molecule has 1 fully saturated rings. The Morgan fingerprint density at radius 2 is 1.80 bits per heavy atom. The van der Waals surface area contributed by atoms with E-state index in [9.17, 15) is 41.1 Å². The van der Waals surface area contributed by atoms with Crippen molar-refractivity contribution in [2.45, 2.75) is 17.1 Å². The van der Waals surface area contributed by atoms with Crippen molar-refractivity contribution in [3.8, 4) is 17.2 Å². The second-order valence-corrected chi connectivity index (χ2v) is 11.4. The van der Waals surface area contributed by atoms with Crippen LogP contribution in [0, 0.1) is 17.1 Å². The molecule has 8 nitrogen and oxygen atoms in total. The third-order valence-electron chi connectivity index (χ3n) is 7.01. The molecule has 1 N–H and O–H groups in total. The number of nitriles is 1. The Bertz CT molecular complexity index is 1640. The number of piperazine rings is 1. The predicted molar refractivity (Wildman–Crippen MR) is 138 cm³/mol. The van der Waals surface area contributed by atoms with E-state index < -0.39 is 44.5 Å². The molecule has 13 heteroatoms. The van der Waals surface area contributed by atoms with E-state index in [1.807, 2.05) is 11.0 Å². The molecule has 1 saturated heterocycles. The highest BCUT2D eigenvalue weighted by Crippen LogP contribution is 2.43. The maximum absolute atomic E-state index is 14.8.